The van der Waals surface area contributed by atoms with Gasteiger partial charge in [0.25, 0.3) is 0 Å². The van der Waals surface area contributed by atoms with E-state index in [9.17, 15) is 0 Å². The number of para-hydroxylation sites is 1. The Labute approximate surface area is 126 Å². The molecule has 2 rings (SSSR count). The lowest BCUT2D eigenvalue weighted by Crippen LogP contribution is -2.30. The number of rotatable bonds is 5. The van der Waals surface area contributed by atoms with Gasteiger partial charge in [0.2, 0.25) is 0 Å². The maximum Gasteiger partial charge on any atom is 0.0726 e. The molecule has 20 heavy (non-hydrogen) atoms. The van der Waals surface area contributed by atoms with Crippen molar-refractivity contribution in [2.24, 2.45) is 5.92 Å². The van der Waals surface area contributed by atoms with Gasteiger partial charge in [-0.2, -0.15) is 0 Å². The number of alkyl halides is 1. The largest absolute Gasteiger partial charge is 0.371 e. The molecule has 1 aromatic carbocycles. The molecule has 0 saturated carbocycles. The van der Waals surface area contributed by atoms with Gasteiger partial charge in [-0.25, -0.2) is 0 Å². The van der Waals surface area contributed by atoms with Crippen molar-refractivity contribution < 1.29 is 0 Å². The third-order valence-corrected chi connectivity index (χ3v) is 4.01. The summed E-state index contributed by atoms with van der Waals surface area (Å²) < 4.78 is 0. The first-order valence-corrected chi connectivity index (χ1v) is 7.73. The molecule has 3 heteroatoms. The lowest BCUT2D eigenvalue weighted by atomic mass is 10.0. The van der Waals surface area contributed by atoms with E-state index in [0.29, 0.717) is 17.8 Å². The van der Waals surface area contributed by atoms with Crippen molar-refractivity contribution in [2.45, 2.75) is 39.1 Å². The van der Waals surface area contributed by atoms with Crippen molar-refractivity contribution in [2.75, 3.05) is 11.9 Å². The molecule has 1 heterocycles. The first-order chi connectivity index (χ1) is 9.52. The Bertz CT molecular complexity index is 580. The third kappa shape index (κ3) is 3.24. The molecule has 0 amide bonds. The van der Waals surface area contributed by atoms with Crippen LogP contribution in [0.1, 0.15) is 32.9 Å². The van der Waals surface area contributed by atoms with Gasteiger partial charge in [-0.05, 0) is 31.4 Å². The Kier molecular flexibility index (Phi) is 4.87. The summed E-state index contributed by atoms with van der Waals surface area (Å²) >= 11 is 5.99. The predicted molar refractivity (Wildman–Crippen MR) is 88.6 cm³/mol. The van der Waals surface area contributed by atoms with Gasteiger partial charge < -0.3 is 4.90 Å². The molecular weight excluding hydrogens is 268 g/mol. The Morgan fingerprint density at radius 3 is 2.55 bits per heavy atom. The summed E-state index contributed by atoms with van der Waals surface area (Å²) in [5.41, 5.74) is 3.17. The lowest BCUT2D eigenvalue weighted by molar-refractivity contribution is 0.504. The highest BCUT2D eigenvalue weighted by molar-refractivity contribution is 6.17. The summed E-state index contributed by atoms with van der Waals surface area (Å²) in [6, 6.07) is 10.9. The van der Waals surface area contributed by atoms with E-state index in [1.165, 1.54) is 17.5 Å². The molecule has 1 aromatic heterocycles. The molecule has 0 aliphatic rings. The van der Waals surface area contributed by atoms with Crippen molar-refractivity contribution in [1.82, 2.24) is 4.98 Å². The molecule has 2 nitrogen and oxygen atoms in total. The molecule has 0 fully saturated rings. The fraction of sp³-hybridized carbons (Fsp3) is 0.471. The number of hydrogen-bond acceptors (Lipinski definition) is 2. The van der Waals surface area contributed by atoms with Crippen LogP contribution in [0.25, 0.3) is 10.9 Å². The third-order valence-electron chi connectivity index (χ3n) is 3.74. The van der Waals surface area contributed by atoms with Crippen LogP contribution in [0.4, 0.5) is 5.69 Å². The summed E-state index contributed by atoms with van der Waals surface area (Å²) in [4.78, 5) is 6.95. The van der Waals surface area contributed by atoms with Crippen LogP contribution < -0.4 is 4.90 Å². The second kappa shape index (κ2) is 6.45. The standard InChI is InChI=1S/C17H23ClN2/c1-12(2)9-13(3)20(4)17-10-14(11-18)19-16-8-6-5-7-15(16)17/h5-8,10,12-13H,9,11H2,1-4H3. The zero-order valence-corrected chi connectivity index (χ0v) is 13.5. The average Bonchev–Trinajstić information content (AvgIpc) is 2.44. The number of pyridine rings is 1. The predicted octanol–water partition coefficient (Wildman–Crippen LogP) is 4.84. The normalized spacial score (nSPS) is 12.9. The maximum absolute atomic E-state index is 5.99. The number of anilines is 1. The highest BCUT2D eigenvalue weighted by Crippen LogP contribution is 2.29. The van der Waals surface area contributed by atoms with Crippen LogP contribution in [0.2, 0.25) is 0 Å². The smallest absolute Gasteiger partial charge is 0.0726 e. The first kappa shape index (κ1) is 15.1. The molecule has 2 aromatic rings. The number of benzene rings is 1. The Morgan fingerprint density at radius 1 is 1.20 bits per heavy atom. The minimum atomic E-state index is 0.449. The summed E-state index contributed by atoms with van der Waals surface area (Å²) in [5, 5.41) is 1.19. The molecular formula is C17H23ClN2. The van der Waals surface area contributed by atoms with E-state index in [0.717, 1.165) is 11.2 Å². The topological polar surface area (TPSA) is 16.1 Å². The summed E-state index contributed by atoms with van der Waals surface area (Å²) in [5.74, 6) is 1.14. The van der Waals surface area contributed by atoms with Gasteiger partial charge >= 0.3 is 0 Å². The Balaban J connectivity index is 2.46. The van der Waals surface area contributed by atoms with Crippen LogP contribution in [-0.4, -0.2) is 18.1 Å². The Morgan fingerprint density at radius 2 is 1.90 bits per heavy atom. The van der Waals surface area contributed by atoms with Crippen LogP contribution in [0.5, 0.6) is 0 Å². The fourth-order valence-corrected chi connectivity index (χ4v) is 2.79. The van der Waals surface area contributed by atoms with E-state index < -0.39 is 0 Å². The number of nitrogens with zero attached hydrogens (tertiary/aromatic N) is 2. The molecule has 0 aliphatic heterocycles. The van der Waals surface area contributed by atoms with E-state index in [1.54, 1.807) is 0 Å². The molecule has 0 aliphatic carbocycles. The van der Waals surface area contributed by atoms with Gasteiger partial charge in [0.1, 0.15) is 0 Å². The summed E-state index contributed by atoms with van der Waals surface area (Å²) in [6.07, 6.45) is 1.17. The van der Waals surface area contributed by atoms with Gasteiger partial charge in [-0.1, -0.05) is 32.0 Å². The van der Waals surface area contributed by atoms with Crippen molar-refractivity contribution in [3.63, 3.8) is 0 Å². The number of aromatic nitrogens is 1. The summed E-state index contributed by atoms with van der Waals surface area (Å²) in [7, 11) is 2.16. The van der Waals surface area contributed by atoms with Crippen LogP contribution in [-0.2, 0) is 5.88 Å². The van der Waals surface area contributed by atoms with Gasteiger partial charge in [0, 0.05) is 24.2 Å². The van der Waals surface area contributed by atoms with E-state index in [-0.39, 0.29) is 0 Å². The van der Waals surface area contributed by atoms with E-state index in [2.05, 4.69) is 62.0 Å². The quantitative estimate of drug-likeness (QED) is 0.732. The monoisotopic (exact) mass is 290 g/mol. The SMILES string of the molecule is CC(C)CC(C)N(C)c1cc(CCl)nc2ccccc12. The number of hydrogen-bond donors (Lipinski definition) is 0. The van der Waals surface area contributed by atoms with Crippen molar-refractivity contribution in [3.8, 4) is 0 Å². The zero-order valence-electron chi connectivity index (χ0n) is 12.7. The number of halogens is 1. The van der Waals surface area contributed by atoms with Gasteiger partial charge in [0.15, 0.2) is 0 Å². The van der Waals surface area contributed by atoms with Crippen LogP contribution >= 0.6 is 11.6 Å². The van der Waals surface area contributed by atoms with E-state index in [4.69, 9.17) is 11.6 Å². The molecule has 0 saturated heterocycles. The fourth-order valence-electron chi connectivity index (χ4n) is 2.65. The molecule has 108 valence electrons. The lowest BCUT2D eigenvalue weighted by Gasteiger charge is -2.29. The van der Waals surface area contributed by atoms with Crippen molar-refractivity contribution >= 4 is 28.2 Å². The molecule has 1 atom stereocenters. The van der Waals surface area contributed by atoms with E-state index in [1.807, 2.05) is 6.07 Å². The maximum atomic E-state index is 5.99. The van der Waals surface area contributed by atoms with Crippen LogP contribution in [0.3, 0.4) is 0 Å². The highest BCUT2D eigenvalue weighted by Gasteiger charge is 2.15. The molecule has 0 spiro atoms. The molecule has 0 bridgehead atoms. The Hall–Kier alpha value is -1.28. The van der Waals surface area contributed by atoms with Crippen LogP contribution in [0, 0.1) is 5.92 Å². The first-order valence-electron chi connectivity index (χ1n) is 7.20. The van der Waals surface area contributed by atoms with Crippen molar-refractivity contribution in [3.05, 3.63) is 36.0 Å². The highest BCUT2D eigenvalue weighted by atomic mass is 35.5. The van der Waals surface area contributed by atoms with Crippen molar-refractivity contribution in [1.29, 1.82) is 0 Å². The van der Waals surface area contributed by atoms with Crippen LogP contribution in [0.15, 0.2) is 30.3 Å². The minimum absolute atomic E-state index is 0.449. The second-order valence-electron chi connectivity index (χ2n) is 5.87. The molecule has 1 unspecified atom stereocenters. The zero-order chi connectivity index (χ0) is 14.7. The number of fused-ring (bicyclic) bond motifs is 1. The van der Waals surface area contributed by atoms with E-state index >= 15 is 0 Å². The second-order valence-corrected chi connectivity index (χ2v) is 6.14. The minimum Gasteiger partial charge on any atom is -0.371 e. The molecule has 0 radical (unpaired) electrons. The van der Waals surface area contributed by atoms with Gasteiger partial charge in [0.05, 0.1) is 17.1 Å². The summed E-state index contributed by atoms with van der Waals surface area (Å²) in [6.45, 7) is 6.80. The average molecular weight is 291 g/mol. The van der Waals surface area contributed by atoms with Gasteiger partial charge in [-0.3, -0.25) is 4.98 Å². The molecule has 0 N–H and O–H groups in total. The van der Waals surface area contributed by atoms with Gasteiger partial charge in [-0.15, -0.1) is 11.6 Å².